The third-order valence-electron chi connectivity index (χ3n) is 4.51. The van der Waals surface area contributed by atoms with Crippen LogP contribution in [0.1, 0.15) is 50.2 Å². The van der Waals surface area contributed by atoms with Gasteiger partial charge in [0.1, 0.15) is 0 Å². The van der Waals surface area contributed by atoms with Gasteiger partial charge in [-0.15, -0.1) is 11.3 Å². The van der Waals surface area contributed by atoms with Crippen LogP contribution in [0, 0.1) is 18.3 Å². The zero-order valence-electron chi connectivity index (χ0n) is 12.1. The van der Waals surface area contributed by atoms with E-state index in [9.17, 15) is 0 Å². The van der Waals surface area contributed by atoms with Crippen LogP contribution in [0.2, 0.25) is 0 Å². The van der Waals surface area contributed by atoms with Gasteiger partial charge in [-0.05, 0) is 38.1 Å². The van der Waals surface area contributed by atoms with Gasteiger partial charge in [0.05, 0.1) is 5.01 Å². The molecule has 2 atom stereocenters. The second-order valence-corrected chi connectivity index (χ2v) is 7.27. The average molecular weight is 266 g/mol. The van der Waals surface area contributed by atoms with Crippen molar-refractivity contribution in [2.75, 3.05) is 7.05 Å². The van der Waals surface area contributed by atoms with Crippen LogP contribution in [0.4, 0.5) is 0 Å². The Kier molecular flexibility index (Phi) is 4.44. The first-order chi connectivity index (χ1) is 8.53. The Bertz CT molecular complexity index is 384. The molecular weight excluding hydrogens is 240 g/mol. The second kappa shape index (κ2) is 5.70. The number of hydrogen-bond acceptors (Lipinski definition) is 3. The molecule has 1 aliphatic rings. The predicted octanol–water partition coefficient (Wildman–Crippen LogP) is 3.80. The summed E-state index contributed by atoms with van der Waals surface area (Å²) in [7, 11) is 2.11. The van der Waals surface area contributed by atoms with Crippen LogP contribution in [0.5, 0.6) is 0 Å². The van der Waals surface area contributed by atoms with Crippen molar-refractivity contribution in [3.63, 3.8) is 0 Å². The van der Waals surface area contributed by atoms with Crippen molar-refractivity contribution in [3.8, 4) is 0 Å². The molecule has 2 unspecified atom stereocenters. The van der Waals surface area contributed by atoms with E-state index in [-0.39, 0.29) is 0 Å². The molecule has 0 aliphatic heterocycles. The minimum absolute atomic E-state index is 0.470. The van der Waals surface area contributed by atoms with Gasteiger partial charge in [-0.3, -0.25) is 0 Å². The molecule has 1 aliphatic carbocycles. The van der Waals surface area contributed by atoms with Crippen LogP contribution >= 0.6 is 11.3 Å². The summed E-state index contributed by atoms with van der Waals surface area (Å²) < 4.78 is 0. The summed E-state index contributed by atoms with van der Waals surface area (Å²) >= 11 is 1.81. The fourth-order valence-electron chi connectivity index (χ4n) is 3.40. The maximum Gasteiger partial charge on any atom is 0.0943 e. The van der Waals surface area contributed by atoms with E-state index in [1.807, 2.05) is 0 Å². The van der Waals surface area contributed by atoms with Gasteiger partial charge in [0, 0.05) is 23.5 Å². The first-order valence-corrected chi connectivity index (χ1v) is 7.99. The van der Waals surface area contributed by atoms with E-state index in [0.717, 1.165) is 18.0 Å². The van der Waals surface area contributed by atoms with E-state index in [1.54, 1.807) is 11.3 Å². The number of hydrogen-bond donors (Lipinski definition) is 1. The lowest BCUT2D eigenvalue weighted by Gasteiger charge is -2.43. The van der Waals surface area contributed by atoms with Crippen LogP contribution in [0.15, 0.2) is 5.38 Å². The van der Waals surface area contributed by atoms with E-state index >= 15 is 0 Å². The normalized spacial score (nSPS) is 25.0. The van der Waals surface area contributed by atoms with Gasteiger partial charge in [0.15, 0.2) is 0 Å². The lowest BCUT2D eigenvalue weighted by molar-refractivity contribution is 0.101. The molecule has 2 rings (SSSR count). The maximum absolute atomic E-state index is 4.62. The highest BCUT2D eigenvalue weighted by Crippen LogP contribution is 2.42. The van der Waals surface area contributed by atoms with E-state index in [4.69, 9.17) is 0 Å². The zero-order chi connectivity index (χ0) is 13.2. The van der Waals surface area contributed by atoms with E-state index in [2.05, 4.69) is 43.5 Å². The number of aryl methyl sites for hydroxylation is 1. The topological polar surface area (TPSA) is 24.9 Å². The quantitative estimate of drug-likeness (QED) is 0.896. The Balaban J connectivity index is 2.07. The van der Waals surface area contributed by atoms with Crippen molar-refractivity contribution < 1.29 is 0 Å². The molecule has 1 aromatic heterocycles. The largest absolute Gasteiger partial charge is 0.316 e. The summed E-state index contributed by atoms with van der Waals surface area (Å²) in [6, 6.07) is 0.575. The van der Waals surface area contributed by atoms with Crippen LogP contribution in [-0.4, -0.2) is 18.1 Å². The fourth-order valence-corrected chi connectivity index (χ4v) is 4.23. The molecule has 1 N–H and O–H groups in total. The van der Waals surface area contributed by atoms with E-state index in [1.165, 1.54) is 30.7 Å². The summed E-state index contributed by atoms with van der Waals surface area (Å²) in [4.78, 5) is 4.62. The predicted molar refractivity (Wildman–Crippen MR) is 79.1 cm³/mol. The molecule has 1 heterocycles. The van der Waals surface area contributed by atoms with Gasteiger partial charge >= 0.3 is 0 Å². The first kappa shape index (κ1) is 14.0. The Hall–Kier alpha value is -0.410. The summed E-state index contributed by atoms with van der Waals surface area (Å²) in [6.07, 6.45) is 6.61. The van der Waals surface area contributed by atoms with Crippen molar-refractivity contribution in [2.24, 2.45) is 11.3 Å². The molecule has 1 aromatic rings. The van der Waals surface area contributed by atoms with Crippen LogP contribution in [0.3, 0.4) is 0 Å². The van der Waals surface area contributed by atoms with Crippen molar-refractivity contribution in [1.82, 2.24) is 10.3 Å². The summed E-state index contributed by atoms with van der Waals surface area (Å²) in [5.74, 6) is 0.778. The number of aromatic nitrogens is 1. The molecule has 0 spiro atoms. The Labute approximate surface area is 115 Å². The number of likely N-dealkylation sites (N-methyl/N-ethyl adjacent to an activating group) is 1. The summed E-state index contributed by atoms with van der Waals surface area (Å²) in [5.41, 5.74) is 1.63. The molecule has 0 radical (unpaired) electrons. The molecule has 102 valence electrons. The third kappa shape index (κ3) is 3.12. The van der Waals surface area contributed by atoms with Gasteiger partial charge in [-0.1, -0.05) is 26.7 Å². The highest BCUT2D eigenvalue weighted by molar-refractivity contribution is 7.09. The van der Waals surface area contributed by atoms with Gasteiger partial charge in [0.25, 0.3) is 0 Å². The van der Waals surface area contributed by atoms with Crippen molar-refractivity contribution >= 4 is 11.3 Å². The van der Waals surface area contributed by atoms with Crippen molar-refractivity contribution in [3.05, 3.63) is 16.1 Å². The second-order valence-electron chi connectivity index (χ2n) is 6.32. The van der Waals surface area contributed by atoms with Gasteiger partial charge in [-0.2, -0.15) is 0 Å². The summed E-state index contributed by atoms with van der Waals surface area (Å²) in [5, 5.41) is 7.00. The van der Waals surface area contributed by atoms with Crippen molar-refractivity contribution in [2.45, 2.75) is 58.9 Å². The minimum Gasteiger partial charge on any atom is -0.316 e. The standard InChI is InChI=1S/C15H26N2S/c1-11-10-18-14(17-11)9-13(16-4)12-7-5-6-8-15(12,2)3/h10,12-13,16H,5-9H2,1-4H3. The molecule has 0 saturated heterocycles. The van der Waals surface area contributed by atoms with Gasteiger partial charge in [0.2, 0.25) is 0 Å². The minimum atomic E-state index is 0.470. The maximum atomic E-state index is 4.62. The van der Waals surface area contributed by atoms with E-state index in [0.29, 0.717) is 11.5 Å². The lowest BCUT2D eigenvalue weighted by Crippen LogP contribution is -2.44. The zero-order valence-corrected chi connectivity index (χ0v) is 12.9. The monoisotopic (exact) mass is 266 g/mol. The third-order valence-corrected chi connectivity index (χ3v) is 5.50. The van der Waals surface area contributed by atoms with Crippen LogP contribution < -0.4 is 5.32 Å². The molecule has 3 heteroatoms. The van der Waals surface area contributed by atoms with Gasteiger partial charge in [-0.25, -0.2) is 4.98 Å². The number of thiazole rings is 1. The van der Waals surface area contributed by atoms with Crippen LogP contribution in [-0.2, 0) is 6.42 Å². The molecule has 2 nitrogen and oxygen atoms in total. The Morgan fingerprint density at radius 2 is 2.28 bits per heavy atom. The molecule has 0 amide bonds. The summed E-state index contributed by atoms with van der Waals surface area (Å²) in [6.45, 7) is 6.96. The molecule has 0 bridgehead atoms. The first-order valence-electron chi connectivity index (χ1n) is 7.11. The average Bonchev–Trinajstić information content (AvgIpc) is 2.72. The molecular formula is C15H26N2S. The molecule has 1 saturated carbocycles. The van der Waals surface area contributed by atoms with E-state index < -0.39 is 0 Å². The molecule has 18 heavy (non-hydrogen) atoms. The smallest absolute Gasteiger partial charge is 0.0943 e. The highest BCUT2D eigenvalue weighted by Gasteiger charge is 2.37. The SMILES string of the molecule is CNC(Cc1nc(C)cs1)C1CCCCC1(C)C. The molecule has 1 fully saturated rings. The fraction of sp³-hybridized carbons (Fsp3) is 0.800. The Morgan fingerprint density at radius 3 is 2.83 bits per heavy atom. The van der Waals surface area contributed by atoms with Crippen molar-refractivity contribution in [1.29, 1.82) is 0 Å². The molecule has 0 aromatic carbocycles. The number of nitrogens with zero attached hydrogens (tertiary/aromatic N) is 1. The highest BCUT2D eigenvalue weighted by atomic mass is 32.1. The lowest BCUT2D eigenvalue weighted by atomic mass is 9.65. The van der Waals surface area contributed by atoms with Crippen LogP contribution in [0.25, 0.3) is 0 Å². The Morgan fingerprint density at radius 1 is 1.50 bits per heavy atom. The van der Waals surface area contributed by atoms with Gasteiger partial charge < -0.3 is 5.32 Å². The number of nitrogens with one attached hydrogen (secondary N) is 1. The number of rotatable bonds is 4.